The molecule has 3 aromatic rings. The quantitative estimate of drug-likeness (QED) is 0.325. The summed E-state index contributed by atoms with van der Waals surface area (Å²) >= 11 is 0. The average molecular weight is 460 g/mol. The van der Waals surface area contributed by atoms with E-state index in [1.54, 1.807) is 24.3 Å². The van der Waals surface area contributed by atoms with Crippen LogP contribution in [-0.4, -0.2) is 18.4 Å². The highest BCUT2D eigenvalue weighted by Gasteiger charge is 2.34. The van der Waals surface area contributed by atoms with Gasteiger partial charge in [0, 0.05) is 12.1 Å². The minimum atomic E-state index is -4.79. The summed E-state index contributed by atoms with van der Waals surface area (Å²) in [6.45, 7) is 0.227. The number of amides is 2. The van der Waals surface area contributed by atoms with Gasteiger partial charge in [-0.3, -0.25) is 9.59 Å². The highest BCUT2D eigenvalue weighted by atomic mass is 19.4. The molecule has 0 spiro atoms. The van der Waals surface area contributed by atoms with Gasteiger partial charge in [-0.25, -0.2) is 4.39 Å². The van der Waals surface area contributed by atoms with Crippen LogP contribution in [0.2, 0.25) is 0 Å². The number of hydrogen-bond acceptors (Lipinski definition) is 3. The third kappa shape index (κ3) is 6.80. The molecule has 0 aliphatic carbocycles. The number of ether oxygens (including phenoxy) is 1. The highest BCUT2D eigenvalue weighted by Crippen LogP contribution is 2.36. The van der Waals surface area contributed by atoms with E-state index in [0.29, 0.717) is 18.2 Å². The van der Waals surface area contributed by atoms with E-state index < -0.39 is 35.1 Å². The fourth-order valence-electron chi connectivity index (χ4n) is 2.96. The van der Waals surface area contributed by atoms with Crippen LogP contribution in [0, 0.1) is 5.82 Å². The lowest BCUT2D eigenvalue weighted by atomic mass is 10.1. The van der Waals surface area contributed by atoms with Gasteiger partial charge in [0.1, 0.15) is 11.6 Å². The number of hydrogen-bond donors (Lipinski definition) is 2. The SMILES string of the molecule is O=C(CCCOc1ccccc1)Nc1ccc(NC(=O)c2ccccc2F)cc1C(F)(F)F. The lowest BCUT2D eigenvalue weighted by Gasteiger charge is -2.16. The summed E-state index contributed by atoms with van der Waals surface area (Å²) in [7, 11) is 0. The molecule has 0 saturated carbocycles. The predicted octanol–water partition coefficient (Wildman–Crippen LogP) is 5.89. The molecule has 9 heteroatoms. The summed E-state index contributed by atoms with van der Waals surface area (Å²) in [6, 6.07) is 17.0. The molecule has 5 nitrogen and oxygen atoms in total. The Bertz CT molecular complexity index is 1120. The lowest BCUT2D eigenvalue weighted by molar-refractivity contribution is -0.136. The van der Waals surface area contributed by atoms with Crippen LogP contribution in [0.1, 0.15) is 28.8 Å². The van der Waals surface area contributed by atoms with Crippen molar-refractivity contribution in [3.63, 3.8) is 0 Å². The van der Waals surface area contributed by atoms with Gasteiger partial charge >= 0.3 is 6.18 Å². The molecule has 0 heterocycles. The maximum Gasteiger partial charge on any atom is 0.418 e. The number of carbonyl (C=O) groups excluding carboxylic acids is 2. The Morgan fingerprint density at radius 2 is 1.58 bits per heavy atom. The van der Waals surface area contributed by atoms with Gasteiger partial charge in [0.25, 0.3) is 5.91 Å². The molecule has 3 rings (SSSR count). The van der Waals surface area contributed by atoms with Crippen molar-refractivity contribution in [2.75, 3.05) is 17.2 Å². The smallest absolute Gasteiger partial charge is 0.418 e. The molecule has 33 heavy (non-hydrogen) atoms. The predicted molar refractivity (Wildman–Crippen MR) is 116 cm³/mol. The topological polar surface area (TPSA) is 67.4 Å². The second-order valence-corrected chi connectivity index (χ2v) is 7.01. The van der Waals surface area contributed by atoms with Gasteiger partial charge in [-0.15, -0.1) is 0 Å². The largest absolute Gasteiger partial charge is 0.494 e. The number of carbonyl (C=O) groups is 2. The van der Waals surface area contributed by atoms with Gasteiger partial charge < -0.3 is 15.4 Å². The number of halogens is 4. The van der Waals surface area contributed by atoms with Crippen molar-refractivity contribution in [3.8, 4) is 5.75 Å². The van der Waals surface area contributed by atoms with Gasteiger partial charge in [-0.2, -0.15) is 13.2 Å². The Morgan fingerprint density at radius 1 is 0.879 bits per heavy atom. The molecule has 0 radical (unpaired) electrons. The number of alkyl halides is 3. The van der Waals surface area contributed by atoms with Gasteiger partial charge in [-0.05, 0) is 48.9 Å². The van der Waals surface area contributed by atoms with E-state index in [0.717, 1.165) is 12.1 Å². The molecule has 0 atom stereocenters. The Balaban J connectivity index is 1.63. The summed E-state index contributed by atoms with van der Waals surface area (Å²) in [5, 5.41) is 4.49. The Hall–Kier alpha value is -3.88. The van der Waals surface area contributed by atoms with Gasteiger partial charge in [0.15, 0.2) is 0 Å². The van der Waals surface area contributed by atoms with Crippen molar-refractivity contribution in [1.82, 2.24) is 0 Å². The molecule has 2 amide bonds. The van der Waals surface area contributed by atoms with Crippen molar-refractivity contribution in [1.29, 1.82) is 0 Å². The van der Waals surface area contributed by atoms with Crippen LogP contribution < -0.4 is 15.4 Å². The van der Waals surface area contributed by atoms with Crippen LogP contribution in [0.5, 0.6) is 5.75 Å². The Labute approximate surface area is 187 Å². The molecular weight excluding hydrogens is 440 g/mol. The minimum absolute atomic E-state index is 0.0457. The Kier molecular flexibility index (Phi) is 7.66. The normalized spacial score (nSPS) is 11.0. The molecule has 0 aliphatic rings. The van der Waals surface area contributed by atoms with E-state index in [4.69, 9.17) is 4.74 Å². The minimum Gasteiger partial charge on any atom is -0.494 e. The second kappa shape index (κ2) is 10.6. The highest BCUT2D eigenvalue weighted by molar-refractivity contribution is 6.04. The van der Waals surface area contributed by atoms with Crippen LogP contribution in [0.4, 0.5) is 28.9 Å². The number of anilines is 2. The van der Waals surface area contributed by atoms with E-state index in [-0.39, 0.29) is 24.3 Å². The van der Waals surface area contributed by atoms with Crippen molar-refractivity contribution < 1.29 is 31.9 Å². The number of nitrogens with one attached hydrogen (secondary N) is 2. The first-order valence-electron chi connectivity index (χ1n) is 9.99. The first-order chi connectivity index (χ1) is 15.7. The zero-order valence-corrected chi connectivity index (χ0v) is 17.3. The number of benzene rings is 3. The third-order valence-corrected chi connectivity index (χ3v) is 4.54. The summed E-state index contributed by atoms with van der Waals surface area (Å²) < 4.78 is 59.9. The monoisotopic (exact) mass is 460 g/mol. The molecular formula is C24H20F4N2O3. The van der Waals surface area contributed by atoms with E-state index >= 15 is 0 Å². The van der Waals surface area contributed by atoms with E-state index in [9.17, 15) is 27.2 Å². The summed E-state index contributed by atoms with van der Waals surface area (Å²) in [4.78, 5) is 24.3. The Morgan fingerprint density at radius 3 is 2.27 bits per heavy atom. The van der Waals surface area contributed by atoms with Gasteiger partial charge in [0.2, 0.25) is 5.91 Å². The molecule has 3 aromatic carbocycles. The second-order valence-electron chi connectivity index (χ2n) is 7.01. The first kappa shape index (κ1) is 23.8. The standard InChI is InChI=1S/C24H20F4N2O3/c25-20-10-5-4-9-18(20)23(32)29-16-12-13-21(19(15-16)24(26,27)28)30-22(31)11-6-14-33-17-7-2-1-3-8-17/h1-5,7-10,12-13,15H,6,11,14H2,(H,29,32)(H,30,31). The summed E-state index contributed by atoms with van der Waals surface area (Å²) in [5.41, 5.74) is -2.07. The molecule has 0 fully saturated rings. The van der Waals surface area contributed by atoms with E-state index in [1.165, 1.54) is 24.3 Å². The molecule has 0 saturated heterocycles. The lowest BCUT2D eigenvalue weighted by Crippen LogP contribution is -2.18. The molecule has 0 bridgehead atoms. The van der Waals surface area contributed by atoms with Crippen LogP contribution in [-0.2, 0) is 11.0 Å². The number of para-hydroxylation sites is 1. The van der Waals surface area contributed by atoms with Crippen molar-refractivity contribution >= 4 is 23.2 Å². The van der Waals surface area contributed by atoms with Crippen molar-refractivity contribution in [2.24, 2.45) is 0 Å². The van der Waals surface area contributed by atoms with Gasteiger partial charge in [0.05, 0.1) is 23.4 Å². The zero-order valence-electron chi connectivity index (χ0n) is 17.3. The van der Waals surface area contributed by atoms with Gasteiger partial charge in [-0.1, -0.05) is 30.3 Å². The maximum absolute atomic E-state index is 13.7. The van der Waals surface area contributed by atoms with Crippen molar-refractivity contribution in [2.45, 2.75) is 19.0 Å². The number of rotatable bonds is 8. The third-order valence-electron chi connectivity index (χ3n) is 4.54. The fraction of sp³-hybridized carbons (Fsp3) is 0.167. The zero-order chi connectivity index (χ0) is 23.8. The maximum atomic E-state index is 13.7. The molecule has 0 aromatic heterocycles. The molecule has 172 valence electrons. The summed E-state index contributed by atoms with van der Waals surface area (Å²) in [5.74, 6) is -1.67. The van der Waals surface area contributed by atoms with E-state index in [1.807, 2.05) is 6.07 Å². The van der Waals surface area contributed by atoms with Crippen molar-refractivity contribution in [3.05, 3.63) is 89.7 Å². The molecule has 0 aliphatic heterocycles. The van der Waals surface area contributed by atoms with Crippen LogP contribution in [0.15, 0.2) is 72.8 Å². The first-order valence-corrected chi connectivity index (χ1v) is 9.99. The van der Waals surface area contributed by atoms with Crippen LogP contribution >= 0.6 is 0 Å². The van der Waals surface area contributed by atoms with Crippen LogP contribution in [0.3, 0.4) is 0 Å². The van der Waals surface area contributed by atoms with E-state index in [2.05, 4.69) is 10.6 Å². The van der Waals surface area contributed by atoms with Crippen LogP contribution in [0.25, 0.3) is 0 Å². The molecule has 2 N–H and O–H groups in total. The molecule has 0 unspecified atom stereocenters. The fourth-order valence-corrected chi connectivity index (χ4v) is 2.96. The average Bonchev–Trinajstić information content (AvgIpc) is 2.78. The summed E-state index contributed by atoms with van der Waals surface area (Å²) in [6.07, 6.45) is -4.54.